The summed E-state index contributed by atoms with van der Waals surface area (Å²) in [4.78, 5) is 0. The van der Waals surface area contributed by atoms with E-state index in [9.17, 15) is 4.39 Å². The van der Waals surface area contributed by atoms with E-state index in [4.69, 9.17) is 16.3 Å². The first-order valence-corrected chi connectivity index (χ1v) is 7.15. The number of hydrogen-bond donors (Lipinski definition) is 1. The van der Waals surface area contributed by atoms with Crippen LogP contribution in [0.2, 0.25) is 5.02 Å². The van der Waals surface area contributed by atoms with Crippen molar-refractivity contribution in [2.24, 2.45) is 0 Å². The van der Waals surface area contributed by atoms with E-state index in [1.54, 1.807) is 25.4 Å². The molecule has 0 amide bonds. The Morgan fingerprint density at radius 1 is 1.38 bits per heavy atom. The van der Waals surface area contributed by atoms with E-state index < -0.39 is 0 Å². The molecule has 0 aliphatic rings. The second-order valence-corrected chi connectivity index (χ2v) is 5.17. The van der Waals surface area contributed by atoms with Crippen molar-refractivity contribution in [3.8, 4) is 0 Å². The van der Waals surface area contributed by atoms with Crippen LogP contribution in [0.25, 0.3) is 0 Å². The number of nitrogens with zero attached hydrogens (tertiary/aromatic N) is 2. The predicted molar refractivity (Wildman–Crippen MR) is 81.0 cm³/mol. The molecule has 1 heterocycles. The molecule has 1 unspecified atom stereocenters. The van der Waals surface area contributed by atoms with Crippen molar-refractivity contribution in [3.05, 3.63) is 52.6 Å². The summed E-state index contributed by atoms with van der Waals surface area (Å²) in [5.74, 6) is -0.233. The fourth-order valence-corrected chi connectivity index (χ4v) is 2.54. The Balaban J connectivity index is 2.20. The summed E-state index contributed by atoms with van der Waals surface area (Å²) in [5, 5.41) is 8.15. The molecule has 0 saturated carbocycles. The molecule has 2 rings (SSSR count). The van der Waals surface area contributed by atoms with Crippen LogP contribution in [0.3, 0.4) is 0 Å². The standard InChI is InChI=1S/C15H19ClFN3O/c1-18-14(9-11-3-5-12(17)6-4-11)15-13(16)10-19-20(15)7-8-21-2/h3-6,10,14,18H,7-9H2,1-2H3. The number of nitrogens with one attached hydrogen (secondary N) is 1. The maximum atomic E-state index is 13.0. The van der Waals surface area contributed by atoms with E-state index in [0.29, 0.717) is 24.6 Å². The Bertz CT molecular complexity index is 571. The molecule has 0 radical (unpaired) electrons. The smallest absolute Gasteiger partial charge is 0.123 e. The van der Waals surface area contributed by atoms with Gasteiger partial charge in [0.2, 0.25) is 0 Å². The van der Waals surface area contributed by atoms with Crippen LogP contribution in [0.1, 0.15) is 17.3 Å². The van der Waals surface area contributed by atoms with Crippen molar-refractivity contribution in [2.75, 3.05) is 20.8 Å². The largest absolute Gasteiger partial charge is 0.383 e. The zero-order valence-corrected chi connectivity index (χ0v) is 12.9. The van der Waals surface area contributed by atoms with Crippen LogP contribution >= 0.6 is 11.6 Å². The van der Waals surface area contributed by atoms with Gasteiger partial charge in [-0.1, -0.05) is 23.7 Å². The molecule has 0 spiro atoms. The average Bonchev–Trinajstić information content (AvgIpc) is 2.85. The molecular weight excluding hydrogens is 293 g/mol. The van der Waals surface area contributed by atoms with Crippen molar-refractivity contribution >= 4 is 11.6 Å². The molecule has 21 heavy (non-hydrogen) atoms. The molecule has 1 aromatic heterocycles. The summed E-state index contributed by atoms with van der Waals surface area (Å²) in [6.07, 6.45) is 2.34. The maximum absolute atomic E-state index is 13.0. The predicted octanol–water partition coefficient (Wildman–Crippen LogP) is 2.83. The minimum Gasteiger partial charge on any atom is -0.383 e. The topological polar surface area (TPSA) is 39.1 Å². The lowest BCUT2D eigenvalue weighted by atomic mass is 10.0. The summed E-state index contributed by atoms with van der Waals surface area (Å²) in [7, 11) is 3.52. The Morgan fingerprint density at radius 3 is 2.71 bits per heavy atom. The second kappa shape index (κ2) is 7.54. The number of ether oxygens (including phenoxy) is 1. The van der Waals surface area contributed by atoms with E-state index in [1.807, 2.05) is 11.7 Å². The van der Waals surface area contributed by atoms with Crippen LogP contribution in [-0.4, -0.2) is 30.5 Å². The molecule has 114 valence electrons. The first-order valence-electron chi connectivity index (χ1n) is 6.77. The van der Waals surface area contributed by atoms with E-state index in [1.165, 1.54) is 12.1 Å². The molecule has 1 atom stereocenters. The van der Waals surface area contributed by atoms with Gasteiger partial charge in [-0.25, -0.2) is 4.39 Å². The van der Waals surface area contributed by atoms with Crippen LogP contribution in [0.15, 0.2) is 30.5 Å². The molecule has 0 aliphatic carbocycles. The minimum atomic E-state index is -0.233. The second-order valence-electron chi connectivity index (χ2n) is 4.77. The van der Waals surface area contributed by atoms with Gasteiger partial charge in [0, 0.05) is 7.11 Å². The van der Waals surface area contributed by atoms with Crippen molar-refractivity contribution < 1.29 is 9.13 Å². The molecular formula is C15H19ClFN3O. The molecule has 4 nitrogen and oxygen atoms in total. The van der Waals surface area contributed by atoms with Crippen molar-refractivity contribution in [2.45, 2.75) is 19.0 Å². The van der Waals surface area contributed by atoms with Crippen molar-refractivity contribution in [1.29, 1.82) is 0 Å². The van der Waals surface area contributed by atoms with Gasteiger partial charge in [0.15, 0.2) is 0 Å². The number of methoxy groups -OCH3 is 1. The highest BCUT2D eigenvalue weighted by molar-refractivity contribution is 6.31. The third-order valence-electron chi connectivity index (χ3n) is 3.37. The molecule has 0 bridgehead atoms. The van der Waals surface area contributed by atoms with Gasteiger partial charge in [-0.15, -0.1) is 0 Å². The minimum absolute atomic E-state index is 0.00215. The number of likely N-dealkylation sites (N-methyl/N-ethyl adjacent to an activating group) is 1. The number of hydrogen-bond acceptors (Lipinski definition) is 3. The van der Waals surface area contributed by atoms with Gasteiger partial charge in [-0.05, 0) is 31.2 Å². The van der Waals surface area contributed by atoms with Gasteiger partial charge in [0.25, 0.3) is 0 Å². The van der Waals surface area contributed by atoms with Gasteiger partial charge in [-0.3, -0.25) is 4.68 Å². The zero-order valence-electron chi connectivity index (χ0n) is 12.1. The Kier molecular flexibility index (Phi) is 5.73. The maximum Gasteiger partial charge on any atom is 0.123 e. The van der Waals surface area contributed by atoms with E-state index in [2.05, 4.69) is 10.4 Å². The quantitative estimate of drug-likeness (QED) is 0.854. The summed E-state index contributed by atoms with van der Waals surface area (Å²) >= 11 is 6.26. The van der Waals surface area contributed by atoms with E-state index in [0.717, 1.165) is 11.3 Å². The first-order chi connectivity index (χ1) is 10.2. The monoisotopic (exact) mass is 311 g/mol. The van der Waals surface area contributed by atoms with Crippen molar-refractivity contribution in [3.63, 3.8) is 0 Å². The normalized spacial score (nSPS) is 12.6. The van der Waals surface area contributed by atoms with E-state index >= 15 is 0 Å². The SMILES string of the molecule is CNC(Cc1ccc(F)cc1)c1c(Cl)cnn1CCOC. The third kappa shape index (κ3) is 4.03. The highest BCUT2D eigenvalue weighted by atomic mass is 35.5. The van der Waals surface area contributed by atoms with Crippen LogP contribution in [0, 0.1) is 5.82 Å². The Labute approximate surface area is 128 Å². The van der Waals surface area contributed by atoms with Gasteiger partial charge >= 0.3 is 0 Å². The van der Waals surface area contributed by atoms with E-state index in [-0.39, 0.29) is 11.9 Å². The van der Waals surface area contributed by atoms with Crippen LogP contribution < -0.4 is 5.32 Å². The van der Waals surface area contributed by atoms with Gasteiger partial charge < -0.3 is 10.1 Å². The summed E-state index contributed by atoms with van der Waals surface area (Å²) in [5.41, 5.74) is 1.95. The number of halogens is 2. The third-order valence-corrected chi connectivity index (χ3v) is 3.66. The molecule has 0 saturated heterocycles. The lowest BCUT2D eigenvalue weighted by Gasteiger charge is -2.19. The highest BCUT2D eigenvalue weighted by Gasteiger charge is 2.19. The molecule has 0 fully saturated rings. The average molecular weight is 312 g/mol. The molecule has 1 N–H and O–H groups in total. The van der Waals surface area contributed by atoms with Crippen LogP contribution in [0.5, 0.6) is 0 Å². The summed E-state index contributed by atoms with van der Waals surface area (Å²) < 4.78 is 19.9. The van der Waals surface area contributed by atoms with Crippen LogP contribution in [0.4, 0.5) is 4.39 Å². The summed E-state index contributed by atoms with van der Waals surface area (Å²) in [6, 6.07) is 6.49. The zero-order chi connectivity index (χ0) is 15.2. The lowest BCUT2D eigenvalue weighted by Crippen LogP contribution is -2.23. The summed E-state index contributed by atoms with van der Waals surface area (Å²) in [6.45, 7) is 1.21. The number of rotatable bonds is 7. The number of benzene rings is 1. The Hall–Kier alpha value is -1.43. The fraction of sp³-hybridized carbons (Fsp3) is 0.400. The lowest BCUT2D eigenvalue weighted by molar-refractivity contribution is 0.181. The van der Waals surface area contributed by atoms with Crippen molar-refractivity contribution in [1.82, 2.24) is 15.1 Å². The van der Waals surface area contributed by atoms with Gasteiger partial charge in [0.1, 0.15) is 5.82 Å². The van der Waals surface area contributed by atoms with Gasteiger partial charge in [-0.2, -0.15) is 5.10 Å². The van der Waals surface area contributed by atoms with Gasteiger partial charge in [0.05, 0.1) is 36.1 Å². The molecule has 6 heteroatoms. The molecule has 2 aromatic rings. The molecule has 1 aromatic carbocycles. The Morgan fingerprint density at radius 2 is 2.10 bits per heavy atom. The number of aromatic nitrogens is 2. The van der Waals surface area contributed by atoms with Crippen LogP contribution in [-0.2, 0) is 17.7 Å². The fourth-order valence-electron chi connectivity index (χ4n) is 2.27. The highest BCUT2D eigenvalue weighted by Crippen LogP contribution is 2.25. The first kappa shape index (κ1) is 15.9. The molecule has 0 aliphatic heterocycles.